The van der Waals surface area contributed by atoms with E-state index in [9.17, 15) is 14.4 Å². The van der Waals surface area contributed by atoms with Crippen LogP contribution >= 0.6 is 0 Å². The molecule has 1 saturated carbocycles. The van der Waals surface area contributed by atoms with Gasteiger partial charge in [0.25, 0.3) is 0 Å². The van der Waals surface area contributed by atoms with Crippen LogP contribution in [0.4, 0.5) is 11.5 Å². The minimum Gasteiger partial charge on any atom is -0.351 e. The molecule has 7 heteroatoms. The maximum Gasteiger partial charge on any atom is 0.248 e. The molecule has 1 aromatic heterocycles. The fraction of sp³-hybridized carbons (Fsp3) is 0.375. The number of nitrogens with one attached hydrogen (secondary N) is 2. The SMILES string of the molecule is Cc1ccc([C@@H](C(=O)NC2CCCCC2)N(C(=O)CCCC(=O)Nc2ccccn2)c2cccc(C)c2)cc1. The van der Waals surface area contributed by atoms with E-state index < -0.39 is 6.04 Å². The number of nitrogens with zero attached hydrogens (tertiary/aromatic N) is 2. The second-order valence-corrected chi connectivity index (χ2v) is 10.4. The monoisotopic (exact) mass is 526 g/mol. The number of pyridine rings is 1. The average Bonchev–Trinajstić information content (AvgIpc) is 2.93. The molecule has 3 aromatic rings. The molecule has 0 spiro atoms. The molecule has 2 aromatic carbocycles. The molecule has 2 N–H and O–H groups in total. The lowest BCUT2D eigenvalue weighted by atomic mass is 9.94. The first kappa shape index (κ1) is 28.0. The number of carbonyl (C=O) groups excluding carboxylic acids is 3. The molecule has 1 atom stereocenters. The molecule has 0 aliphatic heterocycles. The molecule has 39 heavy (non-hydrogen) atoms. The number of benzene rings is 2. The van der Waals surface area contributed by atoms with Gasteiger partial charge in [-0.1, -0.05) is 67.3 Å². The van der Waals surface area contributed by atoms with Crippen molar-refractivity contribution >= 4 is 29.2 Å². The molecule has 0 bridgehead atoms. The van der Waals surface area contributed by atoms with E-state index in [-0.39, 0.29) is 36.6 Å². The number of rotatable bonds is 10. The van der Waals surface area contributed by atoms with Crippen molar-refractivity contribution < 1.29 is 14.4 Å². The van der Waals surface area contributed by atoms with E-state index in [4.69, 9.17) is 0 Å². The molecule has 4 rings (SSSR count). The maximum absolute atomic E-state index is 13.9. The lowest BCUT2D eigenvalue weighted by Crippen LogP contribution is -2.47. The lowest BCUT2D eigenvalue weighted by Gasteiger charge is -2.34. The number of anilines is 2. The molecule has 0 saturated heterocycles. The van der Waals surface area contributed by atoms with Crippen molar-refractivity contribution in [1.29, 1.82) is 0 Å². The van der Waals surface area contributed by atoms with E-state index in [1.807, 2.05) is 62.4 Å². The van der Waals surface area contributed by atoms with Crippen LogP contribution in [0.1, 0.15) is 74.1 Å². The van der Waals surface area contributed by atoms with Gasteiger partial charge in [-0.15, -0.1) is 0 Å². The zero-order valence-corrected chi connectivity index (χ0v) is 22.9. The molecule has 7 nitrogen and oxygen atoms in total. The summed E-state index contributed by atoms with van der Waals surface area (Å²) in [7, 11) is 0. The molecule has 1 heterocycles. The number of aromatic nitrogens is 1. The van der Waals surface area contributed by atoms with E-state index in [2.05, 4.69) is 15.6 Å². The van der Waals surface area contributed by atoms with Crippen molar-refractivity contribution in [3.05, 3.63) is 89.6 Å². The highest BCUT2D eigenvalue weighted by molar-refractivity contribution is 6.01. The Kier molecular flexibility index (Phi) is 9.84. The summed E-state index contributed by atoms with van der Waals surface area (Å²) in [5.74, 6) is -0.0909. The Labute approximate surface area is 231 Å². The fourth-order valence-corrected chi connectivity index (χ4v) is 5.07. The molecule has 3 amide bonds. The van der Waals surface area contributed by atoms with E-state index in [0.29, 0.717) is 17.9 Å². The molecule has 1 fully saturated rings. The molecule has 1 aliphatic rings. The predicted molar refractivity (Wildman–Crippen MR) is 154 cm³/mol. The molecule has 1 aliphatic carbocycles. The summed E-state index contributed by atoms with van der Waals surface area (Å²) in [4.78, 5) is 46.0. The quantitative estimate of drug-likeness (QED) is 0.337. The first-order chi connectivity index (χ1) is 18.9. The van der Waals surface area contributed by atoms with Crippen LogP contribution in [-0.4, -0.2) is 28.7 Å². The maximum atomic E-state index is 13.9. The van der Waals surface area contributed by atoms with Crippen LogP contribution in [0.5, 0.6) is 0 Å². The van der Waals surface area contributed by atoms with Crippen molar-refractivity contribution in [2.45, 2.75) is 77.3 Å². The van der Waals surface area contributed by atoms with Crippen molar-refractivity contribution in [3.8, 4) is 0 Å². The molecule has 0 unspecified atom stereocenters. The topological polar surface area (TPSA) is 91.4 Å². The smallest absolute Gasteiger partial charge is 0.248 e. The third kappa shape index (κ3) is 7.99. The van der Waals surface area contributed by atoms with Gasteiger partial charge in [0.2, 0.25) is 17.7 Å². The summed E-state index contributed by atoms with van der Waals surface area (Å²) < 4.78 is 0. The molecular formula is C32H38N4O3. The summed E-state index contributed by atoms with van der Waals surface area (Å²) in [6, 6.07) is 20.1. The van der Waals surface area contributed by atoms with Gasteiger partial charge in [-0.05, 0) is 68.5 Å². The Morgan fingerprint density at radius 3 is 2.36 bits per heavy atom. The number of amides is 3. The third-order valence-corrected chi connectivity index (χ3v) is 7.13. The minimum atomic E-state index is -0.816. The van der Waals surface area contributed by atoms with Gasteiger partial charge < -0.3 is 10.6 Å². The lowest BCUT2D eigenvalue weighted by molar-refractivity contribution is -0.127. The number of hydrogen-bond acceptors (Lipinski definition) is 4. The highest BCUT2D eigenvalue weighted by Crippen LogP contribution is 2.31. The Morgan fingerprint density at radius 1 is 0.897 bits per heavy atom. The third-order valence-electron chi connectivity index (χ3n) is 7.13. The van der Waals surface area contributed by atoms with Gasteiger partial charge >= 0.3 is 0 Å². The Morgan fingerprint density at radius 2 is 1.67 bits per heavy atom. The van der Waals surface area contributed by atoms with Gasteiger partial charge in [0.1, 0.15) is 11.9 Å². The second kappa shape index (κ2) is 13.7. The van der Waals surface area contributed by atoms with E-state index >= 15 is 0 Å². The normalized spacial score (nSPS) is 14.3. The van der Waals surface area contributed by atoms with Crippen LogP contribution in [0.3, 0.4) is 0 Å². The summed E-state index contributed by atoms with van der Waals surface area (Å²) in [6.07, 6.45) is 7.56. The summed E-state index contributed by atoms with van der Waals surface area (Å²) >= 11 is 0. The van der Waals surface area contributed by atoms with Crippen LogP contribution in [0.2, 0.25) is 0 Å². The van der Waals surface area contributed by atoms with Gasteiger partial charge in [0.05, 0.1) is 0 Å². The van der Waals surface area contributed by atoms with Crippen LogP contribution in [0.25, 0.3) is 0 Å². The van der Waals surface area contributed by atoms with Crippen LogP contribution in [0.15, 0.2) is 72.9 Å². The zero-order valence-electron chi connectivity index (χ0n) is 22.9. The first-order valence-electron chi connectivity index (χ1n) is 13.9. The van der Waals surface area contributed by atoms with Crippen LogP contribution in [-0.2, 0) is 14.4 Å². The minimum absolute atomic E-state index is 0.115. The van der Waals surface area contributed by atoms with Gasteiger partial charge in [0, 0.05) is 30.8 Å². The van der Waals surface area contributed by atoms with Gasteiger partial charge in [0.15, 0.2) is 0 Å². The van der Waals surface area contributed by atoms with E-state index in [1.165, 1.54) is 6.42 Å². The van der Waals surface area contributed by atoms with Crippen molar-refractivity contribution in [1.82, 2.24) is 10.3 Å². The first-order valence-corrected chi connectivity index (χ1v) is 13.9. The number of aryl methyl sites for hydroxylation is 2. The molecular weight excluding hydrogens is 488 g/mol. The van der Waals surface area contributed by atoms with E-state index in [0.717, 1.165) is 42.4 Å². The largest absolute Gasteiger partial charge is 0.351 e. The Balaban J connectivity index is 1.57. The number of hydrogen-bond donors (Lipinski definition) is 2. The van der Waals surface area contributed by atoms with Crippen LogP contribution in [0, 0.1) is 13.8 Å². The Hall–Kier alpha value is -4.00. The summed E-state index contributed by atoms with van der Waals surface area (Å²) in [6.45, 7) is 3.97. The highest BCUT2D eigenvalue weighted by Gasteiger charge is 2.34. The standard InChI is InChI=1S/C32H38N4O3/c1-23-17-19-25(20-18-23)31(32(39)34-26-11-4-3-5-12-26)36(27-13-8-10-24(2)22-27)30(38)16-9-15-29(37)35-28-14-6-7-21-33-28/h6-8,10,13-14,17-22,26,31H,3-5,9,11-12,15-16H2,1-2H3,(H,34,39)(H,33,35,37)/t31-/m0/s1. The van der Waals surface area contributed by atoms with Crippen molar-refractivity contribution in [2.75, 3.05) is 10.2 Å². The van der Waals surface area contributed by atoms with Crippen molar-refractivity contribution in [3.63, 3.8) is 0 Å². The summed E-state index contributed by atoms with van der Waals surface area (Å²) in [5, 5.41) is 6.01. The van der Waals surface area contributed by atoms with Gasteiger partial charge in [-0.25, -0.2) is 4.98 Å². The average molecular weight is 527 g/mol. The van der Waals surface area contributed by atoms with Gasteiger partial charge in [-0.2, -0.15) is 0 Å². The van der Waals surface area contributed by atoms with Gasteiger partial charge in [-0.3, -0.25) is 19.3 Å². The highest BCUT2D eigenvalue weighted by atomic mass is 16.2. The number of carbonyl (C=O) groups is 3. The molecule has 0 radical (unpaired) electrons. The summed E-state index contributed by atoms with van der Waals surface area (Å²) in [5.41, 5.74) is 3.51. The van der Waals surface area contributed by atoms with Crippen LogP contribution < -0.4 is 15.5 Å². The fourth-order valence-electron chi connectivity index (χ4n) is 5.07. The van der Waals surface area contributed by atoms with E-state index in [1.54, 1.807) is 29.3 Å². The second-order valence-electron chi connectivity index (χ2n) is 10.4. The zero-order chi connectivity index (χ0) is 27.6. The van der Waals surface area contributed by atoms with Crippen molar-refractivity contribution in [2.24, 2.45) is 0 Å². The predicted octanol–water partition coefficient (Wildman–Crippen LogP) is 6.03. The molecule has 204 valence electrons. The Bertz CT molecular complexity index is 1250.